The van der Waals surface area contributed by atoms with E-state index in [9.17, 15) is 9.59 Å². The van der Waals surface area contributed by atoms with Gasteiger partial charge in [-0.05, 0) is 48.4 Å². The molecule has 132 valence electrons. The van der Waals surface area contributed by atoms with Gasteiger partial charge in [-0.1, -0.05) is 0 Å². The summed E-state index contributed by atoms with van der Waals surface area (Å²) in [6.07, 6.45) is 2.47. The van der Waals surface area contributed by atoms with Crippen LogP contribution in [0.1, 0.15) is 28.4 Å². The molecule has 2 N–H and O–H groups in total. The van der Waals surface area contributed by atoms with Crippen LogP contribution in [-0.2, 0) is 11.2 Å². The van der Waals surface area contributed by atoms with E-state index >= 15 is 0 Å². The average Bonchev–Trinajstić information content (AvgIpc) is 3.07. The first-order valence-electron chi connectivity index (χ1n) is 8.40. The molecule has 6 nitrogen and oxygen atoms in total. The van der Waals surface area contributed by atoms with Gasteiger partial charge in [0.25, 0.3) is 0 Å². The van der Waals surface area contributed by atoms with Gasteiger partial charge < -0.3 is 20.1 Å². The monoisotopic (exact) mass is 350 g/mol. The van der Waals surface area contributed by atoms with Gasteiger partial charge in [-0.3, -0.25) is 9.59 Å². The highest BCUT2D eigenvalue weighted by molar-refractivity contribution is 6.09. The van der Waals surface area contributed by atoms with E-state index in [0.717, 1.165) is 35.5 Å². The summed E-state index contributed by atoms with van der Waals surface area (Å²) < 4.78 is 10.9. The molecule has 0 aliphatic carbocycles. The highest BCUT2D eigenvalue weighted by Crippen LogP contribution is 2.38. The zero-order valence-corrected chi connectivity index (χ0v) is 14.3. The molecule has 0 bridgehead atoms. The number of anilines is 1. The minimum Gasteiger partial charge on any atom is -0.454 e. The Bertz CT molecular complexity index is 916. The number of benzene rings is 2. The molecule has 0 spiro atoms. The molecule has 0 fully saturated rings. The molecule has 2 aromatic rings. The Kier molecular flexibility index (Phi) is 4.08. The summed E-state index contributed by atoms with van der Waals surface area (Å²) in [6, 6.07) is 10.7. The Balaban J connectivity index is 1.61. The predicted octanol–water partition coefficient (Wildman–Crippen LogP) is 2.74. The number of rotatable bonds is 3. The summed E-state index contributed by atoms with van der Waals surface area (Å²) in [5.41, 5.74) is 4.09. The summed E-state index contributed by atoms with van der Waals surface area (Å²) in [6.45, 7) is 2.43. The molecule has 0 unspecified atom stereocenters. The Hall–Kier alpha value is -3.28. The van der Waals surface area contributed by atoms with Gasteiger partial charge in [0.15, 0.2) is 17.3 Å². The molecule has 2 heterocycles. The second-order valence-corrected chi connectivity index (χ2v) is 6.22. The van der Waals surface area contributed by atoms with Crippen LogP contribution in [0, 0.1) is 0 Å². The van der Waals surface area contributed by atoms with Gasteiger partial charge >= 0.3 is 0 Å². The molecule has 2 aromatic carbocycles. The van der Waals surface area contributed by atoms with E-state index in [1.807, 2.05) is 12.1 Å². The number of amides is 1. The Morgan fingerprint density at radius 3 is 2.58 bits per heavy atom. The van der Waals surface area contributed by atoms with Gasteiger partial charge in [0.2, 0.25) is 12.7 Å². The summed E-state index contributed by atoms with van der Waals surface area (Å²) in [7, 11) is 0. The lowest BCUT2D eigenvalue weighted by Crippen LogP contribution is -2.23. The Labute approximate surface area is 150 Å². The van der Waals surface area contributed by atoms with Crippen LogP contribution in [-0.4, -0.2) is 25.0 Å². The smallest absolute Gasteiger partial charge is 0.231 e. The van der Waals surface area contributed by atoms with Crippen molar-refractivity contribution in [3.8, 4) is 11.5 Å². The van der Waals surface area contributed by atoms with Crippen molar-refractivity contribution in [1.82, 2.24) is 5.32 Å². The number of ketones is 1. The van der Waals surface area contributed by atoms with Gasteiger partial charge in [0, 0.05) is 42.1 Å². The summed E-state index contributed by atoms with van der Waals surface area (Å²) >= 11 is 0. The zero-order valence-electron chi connectivity index (χ0n) is 14.3. The molecule has 1 amide bonds. The first-order valence-corrected chi connectivity index (χ1v) is 8.40. The highest BCUT2D eigenvalue weighted by Gasteiger charge is 2.22. The first kappa shape index (κ1) is 16.2. The normalized spacial score (nSPS) is 16.0. The number of hydrogen-bond acceptors (Lipinski definition) is 5. The molecule has 2 aliphatic rings. The average molecular weight is 350 g/mol. The lowest BCUT2D eigenvalue weighted by molar-refractivity contribution is -0.114. The molecule has 26 heavy (non-hydrogen) atoms. The van der Waals surface area contributed by atoms with Crippen molar-refractivity contribution >= 4 is 23.1 Å². The molecular weight excluding hydrogens is 332 g/mol. The van der Waals surface area contributed by atoms with Gasteiger partial charge in [-0.25, -0.2) is 0 Å². The largest absolute Gasteiger partial charge is 0.454 e. The van der Waals surface area contributed by atoms with Gasteiger partial charge in [0.05, 0.1) is 0 Å². The van der Waals surface area contributed by atoms with Crippen molar-refractivity contribution in [1.29, 1.82) is 0 Å². The van der Waals surface area contributed by atoms with Crippen LogP contribution in [0.25, 0.3) is 5.70 Å². The van der Waals surface area contributed by atoms with Crippen LogP contribution in [0.4, 0.5) is 5.69 Å². The second kappa shape index (κ2) is 6.55. The van der Waals surface area contributed by atoms with E-state index in [4.69, 9.17) is 9.47 Å². The third-order valence-electron chi connectivity index (χ3n) is 4.36. The molecule has 2 aliphatic heterocycles. The van der Waals surface area contributed by atoms with E-state index in [-0.39, 0.29) is 18.5 Å². The van der Waals surface area contributed by atoms with Crippen molar-refractivity contribution in [3.05, 3.63) is 59.2 Å². The Morgan fingerprint density at radius 2 is 1.85 bits per heavy atom. The van der Waals surface area contributed by atoms with Crippen LogP contribution in [0.15, 0.2) is 42.5 Å². The molecule has 6 heteroatoms. The minimum absolute atomic E-state index is 0.104. The van der Waals surface area contributed by atoms with Gasteiger partial charge in [-0.2, -0.15) is 0 Å². The lowest BCUT2D eigenvalue weighted by atomic mass is 9.96. The molecule has 0 saturated heterocycles. The molecule has 0 atom stereocenters. The zero-order chi connectivity index (χ0) is 18.1. The molecular formula is C20H18N2O4. The predicted molar refractivity (Wildman–Crippen MR) is 97.3 cm³/mol. The van der Waals surface area contributed by atoms with Crippen molar-refractivity contribution < 1.29 is 19.1 Å². The highest BCUT2D eigenvalue weighted by atomic mass is 16.7. The fourth-order valence-electron chi connectivity index (χ4n) is 3.13. The van der Waals surface area contributed by atoms with E-state index in [1.54, 1.807) is 30.3 Å². The standard InChI is InChI=1S/C20H18N2O4/c1-12(23)22-15-4-2-13(3-5-15)18(24)10-17-16-9-20-19(25-11-26-20)8-14(16)6-7-21-17/h2-5,8-10,21H,6-7,11H2,1H3,(H,22,23). The van der Waals surface area contributed by atoms with Crippen molar-refractivity contribution in [2.45, 2.75) is 13.3 Å². The summed E-state index contributed by atoms with van der Waals surface area (Å²) in [4.78, 5) is 23.7. The first-order chi connectivity index (χ1) is 12.6. The quantitative estimate of drug-likeness (QED) is 0.657. The maximum Gasteiger partial charge on any atom is 0.231 e. The molecule has 0 aromatic heterocycles. The molecule has 4 rings (SSSR count). The van der Waals surface area contributed by atoms with E-state index in [0.29, 0.717) is 17.0 Å². The third-order valence-corrected chi connectivity index (χ3v) is 4.36. The van der Waals surface area contributed by atoms with Crippen LogP contribution in [0.3, 0.4) is 0 Å². The second-order valence-electron chi connectivity index (χ2n) is 6.22. The maximum atomic E-state index is 12.6. The summed E-state index contributed by atoms with van der Waals surface area (Å²) in [5.74, 6) is 1.20. The van der Waals surface area contributed by atoms with Crippen LogP contribution < -0.4 is 20.1 Å². The number of carbonyl (C=O) groups excluding carboxylic acids is 2. The van der Waals surface area contributed by atoms with E-state index in [1.165, 1.54) is 6.92 Å². The van der Waals surface area contributed by atoms with Gasteiger partial charge in [0.1, 0.15) is 0 Å². The SMILES string of the molecule is CC(=O)Nc1ccc(C(=O)C=C2NCCc3cc4c(cc32)OCO4)cc1. The molecule has 0 radical (unpaired) electrons. The van der Waals surface area contributed by atoms with Gasteiger partial charge in [-0.15, -0.1) is 0 Å². The fourth-order valence-corrected chi connectivity index (χ4v) is 3.13. The number of fused-ring (bicyclic) bond motifs is 2. The minimum atomic E-state index is -0.145. The number of nitrogens with one attached hydrogen (secondary N) is 2. The van der Waals surface area contributed by atoms with E-state index < -0.39 is 0 Å². The van der Waals surface area contributed by atoms with E-state index in [2.05, 4.69) is 10.6 Å². The number of carbonyl (C=O) groups is 2. The van der Waals surface area contributed by atoms with Crippen LogP contribution in [0.5, 0.6) is 11.5 Å². The lowest BCUT2D eigenvalue weighted by Gasteiger charge is -2.21. The number of allylic oxidation sites excluding steroid dienone is 1. The van der Waals surface area contributed by atoms with Crippen molar-refractivity contribution in [2.75, 3.05) is 18.7 Å². The number of ether oxygens (including phenoxy) is 2. The summed E-state index contributed by atoms with van der Waals surface area (Å²) in [5, 5.41) is 5.98. The van der Waals surface area contributed by atoms with Crippen molar-refractivity contribution in [2.24, 2.45) is 0 Å². The maximum absolute atomic E-state index is 12.6. The third kappa shape index (κ3) is 3.13. The number of hydrogen-bond donors (Lipinski definition) is 2. The van der Waals surface area contributed by atoms with Crippen molar-refractivity contribution in [3.63, 3.8) is 0 Å². The van der Waals surface area contributed by atoms with Crippen LogP contribution in [0.2, 0.25) is 0 Å². The fraction of sp³-hybridized carbons (Fsp3) is 0.200. The van der Waals surface area contributed by atoms with Crippen LogP contribution >= 0.6 is 0 Å². The topological polar surface area (TPSA) is 76.7 Å². The Morgan fingerprint density at radius 1 is 1.12 bits per heavy atom. The molecule has 0 saturated carbocycles.